The Morgan fingerprint density at radius 2 is 2.06 bits per heavy atom. The lowest BCUT2D eigenvalue weighted by Gasteiger charge is -2.21. The van der Waals surface area contributed by atoms with Gasteiger partial charge in [-0.3, -0.25) is 0 Å². The quantitative estimate of drug-likeness (QED) is 0.718. The number of rotatable bonds is 3. The summed E-state index contributed by atoms with van der Waals surface area (Å²) in [6, 6.07) is -1.13. The standard InChI is InChI=1S/C12H15NO4/c1-5-6-7-8-9(10(14)15)13-11(16)17-12(2,3)4/h1,9H,8H2,2-4H3,(H,13,16)(H,14,15)/t9-/m0/s1. The number of carbonyl (C=O) groups excluding carboxylic acids is 1. The van der Waals surface area contributed by atoms with Crippen LogP contribution < -0.4 is 5.32 Å². The highest BCUT2D eigenvalue weighted by Gasteiger charge is 2.22. The SMILES string of the molecule is C#CC#CC[C@H](NC(=O)OC(C)(C)C)C(=O)O. The van der Waals surface area contributed by atoms with Crippen molar-refractivity contribution < 1.29 is 19.4 Å². The van der Waals surface area contributed by atoms with Crippen molar-refractivity contribution in [3.05, 3.63) is 0 Å². The van der Waals surface area contributed by atoms with E-state index < -0.39 is 23.7 Å². The van der Waals surface area contributed by atoms with Crippen molar-refractivity contribution in [3.63, 3.8) is 0 Å². The second kappa shape index (κ2) is 6.44. The molecule has 0 fully saturated rings. The first-order valence-electron chi connectivity index (χ1n) is 4.92. The van der Waals surface area contributed by atoms with Crippen LogP contribution in [0.4, 0.5) is 4.79 Å². The molecular formula is C12H15NO4. The van der Waals surface area contributed by atoms with Crippen molar-refractivity contribution in [2.45, 2.75) is 38.8 Å². The molecule has 92 valence electrons. The molecule has 2 N–H and O–H groups in total. The van der Waals surface area contributed by atoms with Gasteiger partial charge in [-0.2, -0.15) is 0 Å². The van der Waals surface area contributed by atoms with Gasteiger partial charge in [0, 0.05) is 6.42 Å². The maximum atomic E-state index is 11.3. The van der Waals surface area contributed by atoms with Crippen LogP contribution >= 0.6 is 0 Å². The predicted octanol–water partition coefficient (Wildman–Crippen LogP) is 0.991. The molecule has 5 heteroatoms. The fourth-order valence-electron chi connectivity index (χ4n) is 0.854. The molecule has 0 aliphatic heterocycles. The van der Waals surface area contributed by atoms with E-state index >= 15 is 0 Å². The van der Waals surface area contributed by atoms with Crippen molar-refractivity contribution in [2.24, 2.45) is 0 Å². The van der Waals surface area contributed by atoms with Gasteiger partial charge in [-0.15, -0.1) is 6.42 Å². The van der Waals surface area contributed by atoms with E-state index in [2.05, 4.69) is 23.1 Å². The van der Waals surface area contributed by atoms with E-state index in [0.29, 0.717) is 0 Å². The lowest BCUT2D eigenvalue weighted by Crippen LogP contribution is -2.43. The van der Waals surface area contributed by atoms with Crippen LogP contribution in [-0.4, -0.2) is 28.8 Å². The first kappa shape index (κ1) is 14.9. The van der Waals surface area contributed by atoms with E-state index in [9.17, 15) is 9.59 Å². The Morgan fingerprint density at radius 1 is 1.47 bits per heavy atom. The van der Waals surface area contributed by atoms with Crippen LogP contribution in [0.5, 0.6) is 0 Å². The van der Waals surface area contributed by atoms with Crippen molar-refractivity contribution in [1.29, 1.82) is 0 Å². The summed E-state index contributed by atoms with van der Waals surface area (Å²) in [6.07, 6.45) is 4.02. The van der Waals surface area contributed by atoms with Gasteiger partial charge in [0.25, 0.3) is 0 Å². The van der Waals surface area contributed by atoms with E-state index in [0.717, 1.165) is 0 Å². The Labute approximate surface area is 101 Å². The van der Waals surface area contributed by atoms with Gasteiger partial charge in [0.15, 0.2) is 0 Å². The normalized spacial score (nSPS) is 11.4. The summed E-state index contributed by atoms with van der Waals surface area (Å²) in [6.45, 7) is 5.04. The van der Waals surface area contributed by atoms with Gasteiger partial charge in [-0.05, 0) is 32.6 Å². The molecule has 0 spiro atoms. The molecule has 0 saturated carbocycles. The molecular weight excluding hydrogens is 222 g/mol. The Bertz CT molecular complexity index is 389. The number of aliphatic carboxylic acids is 1. The first-order valence-corrected chi connectivity index (χ1v) is 4.92. The minimum atomic E-state index is -1.19. The van der Waals surface area contributed by atoms with Crippen LogP contribution in [0.25, 0.3) is 0 Å². The van der Waals surface area contributed by atoms with Gasteiger partial charge < -0.3 is 15.2 Å². The zero-order valence-electron chi connectivity index (χ0n) is 10.0. The zero-order chi connectivity index (χ0) is 13.5. The third-order valence-electron chi connectivity index (χ3n) is 1.46. The van der Waals surface area contributed by atoms with Gasteiger partial charge in [-0.25, -0.2) is 9.59 Å². The molecule has 0 bridgehead atoms. The van der Waals surface area contributed by atoms with E-state index in [1.807, 2.05) is 0 Å². The molecule has 17 heavy (non-hydrogen) atoms. The summed E-state index contributed by atoms with van der Waals surface area (Å²) in [5, 5.41) is 11.0. The second-order valence-electron chi connectivity index (χ2n) is 4.19. The maximum absolute atomic E-state index is 11.3. The molecule has 5 nitrogen and oxygen atoms in total. The zero-order valence-corrected chi connectivity index (χ0v) is 10.0. The van der Waals surface area contributed by atoms with Gasteiger partial charge in [-0.1, -0.05) is 5.92 Å². The molecule has 0 aromatic heterocycles. The van der Waals surface area contributed by atoms with Crippen LogP contribution in [-0.2, 0) is 9.53 Å². The lowest BCUT2D eigenvalue weighted by molar-refractivity contribution is -0.139. The largest absolute Gasteiger partial charge is 0.480 e. The number of alkyl carbamates (subject to hydrolysis) is 1. The molecule has 1 atom stereocenters. The average molecular weight is 237 g/mol. The maximum Gasteiger partial charge on any atom is 0.408 e. The van der Waals surface area contributed by atoms with Crippen molar-refractivity contribution in [2.75, 3.05) is 0 Å². The van der Waals surface area contributed by atoms with Crippen LogP contribution in [0, 0.1) is 24.2 Å². The van der Waals surface area contributed by atoms with Gasteiger partial charge in [0.1, 0.15) is 11.6 Å². The number of hydrogen-bond donors (Lipinski definition) is 2. The van der Waals surface area contributed by atoms with E-state index in [1.165, 1.54) is 0 Å². The Kier molecular flexibility index (Phi) is 5.63. The van der Waals surface area contributed by atoms with Gasteiger partial charge >= 0.3 is 12.1 Å². The monoisotopic (exact) mass is 237 g/mol. The third kappa shape index (κ3) is 7.75. The highest BCUT2D eigenvalue weighted by Crippen LogP contribution is 2.07. The minimum absolute atomic E-state index is 0.0707. The van der Waals surface area contributed by atoms with E-state index in [4.69, 9.17) is 16.3 Å². The summed E-state index contributed by atoms with van der Waals surface area (Å²) in [5.41, 5.74) is -0.683. The summed E-state index contributed by atoms with van der Waals surface area (Å²) in [4.78, 5) is 22.1. The highest BCUT2D eigenvalue weighted by atomic mass is 16.6. The summed E-state index contributed by atoms with van der Waals surface area (Å²) in [7, 11) is 0. The minimum Gasteiger partial charge on any atom is -0.480 e. The number of carbonyl (C=O) groups is 2. The molecule has 0 heterocycles. The molecule has 0 radical (unpaired) electrons. The number of carboxylic acids is 1. The Morgan fingerprint density at radius 3 is 2.47 bits per heavy atom. The van der Waals surface area contributed by atoms with Crippen LogP contribution in [0.15, 0.2) is 0 Å². The number of hydrogen-bond acceptors (Lipinski definition) is 3. The fraction of sp³-hybridized carbons (Fsp3) is 0.500. The second-order valence-corrected chi connectivity index (χ2v) is 4.19. The van der Waals surface area contributed by atoms with Crippen molar-refractivity contribution >= 4 is 12.1 Å². The summed E-state index contributed by atoms with van der Waals surface area (Å²) in [5.74, 6) is 5.59. The number of amides is 1. The van der Waals surface area contributed by atoms with Crippen LogP contribution in [0.2, 0.25) is 0 Å². The number of ether oxygens (including phenoxy) is 1. The topological polar surface area (TPSA) is 75.6 Å². The number of carboxylic acid groups (broad SMARTS) is 1. The van der Waals surface area contributed by atoms with Crippen molar-refractivity contribution in [1.82, 2.24) is 5.32 Å². The Balaban J connectivity index is 4.42. The molecule has 0 rings (SSSR count). The molecule has 0 saturated heterocycles. The summed E-state index contributed by atoms with van der Waals surface area (Å²) >= 11 is 0. The molecule has 0 aromatic carbocycles. The van der Waals surface area contributed by atoms with E-state index in [-0.39, 0.29) is 6.42 Å². The first-order chi connectivity index (χ1) is 7.76. The highest BCUT2D eigenvalue weighted by molar-refractivity contribution is 5.80. The smallest absolute Gasteiger partial charge is 0.408 e. The van der Waals surface area contributed by atoms with E-state index in [1.54, 1.807) is 20.8 Å². The van der Waals surface area contributed by atoms with Crippen LogP contribution in [0.1, 0.15) is 27.2 Å². The van der Waals surface area contributed by atoms with Gasteiger partial charge in [0.05, 0.1) is 0 Å². The fourth-order valence-corrected chi connectivity index (χ4v) is 0.854. The lowest BCUT2D eigenvalue weighted by atomic mass is 10.2. The molecule has 0 aromatic rings. The Hall–Kier alpha value is -2.14. The molecule has 0 aliphatic carbocycles. The average Bonchev–Trinajstić information content (AvgIpc) is 2.13. The molecule has 1 amide bonds. The third-order valence-corrected chi connectivity index (χ3v) is 1.46. The van der Waals surface area contributed by atoms with Crippen LogP contribution in [0.3, 0.4) is 0 Å². The molecule has 0 unspecified atom stereocenters. The number of nitrogens with one attached hydrogen (secondary N) is 1. The molecule has 0 aliphatic rings. The summed E-state index contributed by atoms with van der Waals surface area (Å²) < 4.78 is 4.92. The van der Waals surface area contributed by atoms with Crippen molar-refractivity contribution in [3.8, 4) is 24.2 Å². The number of terminal acetylenes is 1. The predicted molar refractivity (Wildman–Crippen MR) is 62.0 cm³/mol. The van der Waals surface area contributed by atoms with Gasteiger partial charge in [0.2, 0.25) is 0 Å².